The van der Waals surface area contributed by atoms with Crippen LogP contribution in [0.15, 0.2) is 60.0 Å². The fourth-order valence-electron chi connectivity index (χ4n) is 15.2. The minimum atomic E-state index is -2.87. The molecule has 0 aromatic carbocycles. The lowest BCUT2D eigenvalue weighted by atomic mass is 9.33. The van der Waals surface area contributed by atoms with Gasteiger partial charge in [-0.25, -0.2) is 8.42 Å². The lowest BCUT2D eigenvalue weighted by Crippen LogP contribution is -2.68. The maximum atomic E-state index is 12.7. The van der Waals surface area contributed by atoms with E-state index in [4.69, 9.17) is 4.74 Å². The molecule has 1 aliphatic heterocycles. The fourth-order valence-corrected chi connectivity index (χ4v) is 16.5. The Labute approximate surface area is 343 Å². The lowest BCUT2D eigenvalue weighted by molar-refractivity contribution is -0.221. The zero-order chi connectivity index (χ0) is 40.6. The summed E-state index contributed by atoms with van der Waals surface area (Å²) < 4.78 is 30.2. The maximum absolute atomic E-state index is 12.7. The lowest BCUT2D eigenvalue weighted by Gasteiger charge is -2.72. The first-order chi connectivity index (χ1) is 26.9. The summed E-state index contributed by atoms with van der Waals surface area (Å²) in [6.07, 6.45) is 21.2. The molecular weight excluding hydrogens is 731 g/mol. The van der Waals surface area contributed by atoms with Crippen LogP contribution in [-0.2, 0) is 14.6 Å². The number of sulfone groups is 1. The summed E-state index contributed by atoms with van der Waals surface area (Å²) in [5.74, 6) is 3.48. The summed E-state index contributed by atoms with van der Waals surface area (Å²) in [5.41, 5.74) is 4.14. The molecule has 5 fully saturated rings. The number of fused-ring (bicyclic) bond motifs is 7. The SMILES string of the molecule is C=C(C)[C@@H]1CC[C@]2(NCCN3CCS(=O)(=O)CC3)CC[C@]3(C)[C@H](CCC4[C@@]5(C)CC=C(C6=CCC(COc7cccnc7)(C(=O)O)CC6)C(C)(C)C5CC[C@]43C)C12. The van der Waals surface area contributed by atoms with Crippen molar-refractivity contribution in [1.29, 1.82) is 0 Å². The number of carboxylic acids is 1. The van der Waals surface area contributed by atoms with Crippen molar-refractivity contribution in [2.24, 2.45) is 56.7 Å². The van der Waals surface area contributed by atoms with E-state index in [0.29, 0.717) is 72.8 Å². The molecule has 4 unspecified atom stereocenters. The fraction of sp³-hybridized carbons (Fsp3) is 0.750. The number of carbonyl (C=O) groups is 1. The summed E-state index contributed by atoms with van der Waals surface area (Å²) >= 11 is 0. The van der Waals surface area contributed by atoms with E-state index in [0.717, 1.165) is 25.9 Å². The number of nitrogens with one attached hydrogen (secondary N) is 1. The highest BCUT2D eigenvalue weighted by atomic mass is 32.2. The molecule has 57 heavy (non-hydrogen) atoms. The van der Waals surface area contributed by atoms with Crippen molar-refractivity contribution in [3.8, 4) is 5.75 Å². The Kier molecular flexibility index (Phi) is 10.6. The summed E-state index contributed by atoms with van der Waals surface area (Å²) in [6, 6.07) is 3.66. The van der Waals surface area contributed by atoms with Crippen molar-refractivity contribution in [1.82, 2.24) is 15.2 Å². The Hall–Kier alpha value is -2.49. The number of ether oxygens (including phenoxy) is 1. The molecule has 0 spiro atoms. The van der Waals surface area contributed by atoms with Crippen molar-refractivity contribution < 1.29 is 23.1 Å². The average Bonchev–Trinajstić information content (AvgIpc) is 3.55. The second kappa shape index (κ2) is 14.6. The van der Waals surface area contributed by atoms with Crippen molar-refractivity contribution >= 4 is 15.8 Å². The second-order valence-electron chi connectivity index (χ2n) is 21.3. The molecule has 8 nitrogen and oxygen atoms in total. The van der Waals surface area contributed by atoms with Crippen LogP contribution in [0, 0.1) is 56.7 Å². The van der Waals surface area contributed by atoms with E-state index in [1.807, 2.05) is 12.1 Å². The number of aromatic nitrogens is 1. The van der Waals surface area contributed by atoms with Crippen molar-refractivity contribution in [2.45, 2.75) is 124 Å². The van der Waals surface area contributed by atoms with Gasteiger partial charge >= 0.3 is 5.97 Å². The largest absolute Gasteiger partial charge is 0.491 e. The third-order valence-electron chi connectivity index (χ3n) is 18.5. The topological polar surface area (TPSA) is 109 Å². The highest BCUT2D eigenvalue weighted by Crippen LogP contribution is 2.76. The van der Waals surface area contributed by atoms with E-state index in [1.165, 1.54) is 68.1 Å². The van der Waals surface area contributed by atoms with Gasteiger partial charge in [-0.2, -0.15) is 0 Å². The van der Waals surface area contributed by atoms with Gasteiger partial charge in [0, 0.05) is 37.9 Å². The number of nitrogens with zero attached hydrogens (tertiary/aromatic N) is 2. The van der Waals surface area contributed by atoms with Gasteiger partial charge < -0.3 is 20.1 Å². The second-order valence-corrected chi connectivity index (χ2v) is 23.6. The molecule has 9 heteroatoms. The van der Waals surface area contributed by atoms with Gasteiger partial charge in [0.2, 0.25) is 0 Å². The quantitative estimate of drug-likeness (QED) is 0.226. The molecule has 8 rings (SSSR count). The Morgan fingerprint density at radius 1 is 0.965 bits per heavy atom. The smallest absolute Gasteiger partial charge is 0.313 e. The van der Waals surface area contributed by atoms with Gasteiger partial charge in [-0.3, -0.25) is 9.78 Å². The summed E-state index contributed by atoms with van der Waals surface area (Å²) in [4.78, 5) is 19.2. The third kappa shape index (κ3) is 6.71. The molecular formula is C48H71N3O5S. The van der Waals surface area contributed by atoms with E-state index in [1.54, 1.807) is 12.4 Å². The number of pyridine rings is 1. The van der Waals surface area contributed by atoms with E-state index in [9.17, 15) is 18.3 Å². The first-order valence-corrected chi connectivity index (χ1v) is 24.2. The summed E-state index contributed by atoms with van der Waals surface area (Å²) in [7, 11) is -2.87. The van der Waals surface area contributed by atoms with Crippen LogP contribution in [0.1, 0.15) is 119 Å². The molecule has 2 N–H and O–H groups in total. The van der Waals surface area contributed by atoms with Crippen LogP contribution in [0.4, 0.5) is 0 Å². The van der Waals surface area contributed by atoms with Crippen LogP contribution in [-0.4, -0.2) is 79.2 Å². The molecule has 4 saturated carbocycles. The normalized spacial score (nSPS) is 42.3. The van der Waals surface area contributed by atoms with Gasteiger partial charge in [0.1, 0.15) is 17.8 Å². The number of allylic oxidation sites excluding steroid dienone is 5. The molecule has 10 atom stereocenters. The molecule has 314 valence electrons. The van der Waals surface area contributed by atoms with Crippen LogP contribution in [0.25, 0.3) is 0 Å². The maximum Gasteiger partial charge on any atom is 0.313 e. The van der Waals surface area contributed by atoms with Crippen molar-refractivity contribution in [3.63, 3.8) is 0 Å². The molecule has 1 aromatic heterocycles. The predicted octanol–water partition coefficient (Wildman–Crippen LogP) is 8.91. The van der Waals surface area contributed by atoms with E-state index >= 15 is 0 Å². The van der Waals surface area contributed by atoms with E-state index < -0.39 is 21.2 Å². The van der Waals surface area contributed by atoms with Crippen LogP contribution in [0.2, 0.25) is 0 Å². The van der Waals surface area contributed by atoms with Crippen LogP contribution in [0.3, 0.4) is 0 Å². The Morgan fingerprint density at radius 2 is 1.74 bits per heavy atom. The number of hydrogen-bond donors (Lipinski definition) is 2. The summed E-state index contributed by atoms with van der Waals surface area (Å²) in [6.45, 7) is 23.3. The molecule has 6 aliphatic carbocycles. The minimum Gasteiger partial charge on any atom is -0.491 e. The molecule has 7 aliphatic rings. The minimum absolute atomic E-state index is 0.00797. The van der Waals surface area contributed by atoms with Gasteiger partial charge in [-0.15, -0.1) is 0 Å². The highest BCUT2D eigenvalue weighted by Gasteiger charge is 2.70. The van der Waals surface area contributed by atoms with E-state index in [2.05, 4.69) is 75.5 Å². The van der Waals surface area contributed by atoms with Crippen molar-refractivity contribution in [3.05, 3.63) is 60.0 Å². The number of hydrogen-bond acceptors (Lipinski definition) is 7. The number of aliphatic carboxylic acids is 1. The molecule has 0 amide bonds. The Morgan fingerprint density at radius 3 is 2.40 bits per heavy atom. The predicted molar refractivity (Wildman–Crippen MR) is 228 cm³/mol. The van der Waals surface area contributed by atoms with Gasteiger partial charge in [-0.05, 0) is 159 Å². The summed E-state index contributed by atoms with van der Waals surface area (Å²) in [5, 5.41) is 14.7. The standard InChI is InChI=1S/C48H71N3O5S/c1-33(2)36-14-21-48(50-25-26-51-27-29-57(54,55)30-28-51)23-22-45(6)38(41(36)48)10-11-40-44(5)17-15-37(43(3,4)39(44)16-18-46(40,45)7)34-12-19-47(20-13-34,42(52)53)32-56-35-9-8-24-49-31-35/h8-9,12,15,24,31,36,38-41,50H,1,10-11,13-14,16-23,25-30,32H2,2-7H3,(H,52,53)/t36-,38+,39?,40?,41?,44-,45+,46+,47?,48-/m0/s1. The molecule has 1 saturated heterocycles. The molecule has 0 radical (unpaired) electrons. The average molecular weight is 802 g/mol. The Balaban J connectivity index is 1.01. The first kappa shape index (κ1) is 41.3. The first-order valence-electron chi connectivity index (χ1n) is 22.4. The van der Waals surface area contributed by atoms with Gasteiger partial charge in [0.05, 0.1) is 17.7 Å². The van der Waals surface area contributed by atoms with E-state index in [-0.39, 0.29) is 33.8 Å². The highest BCUT2D eigenvalue weighted by molar-refractivity contribution is 7.91. The zero-order valence-corrected chi connectivity index (χ0v) is 36.7. The Bertz CT molecular complexity index is 1900. The molecule has 2 heterocycles. The molecule has 0 bridgehead atoms. The van der Waals surface area contributed by atoms with Crippen LogP contribution >= 0.6 is 0 Å². The van der Waals surface area contributed by atoms with Crippen LogP contribution < -0.4 is 10.1 Å². The van der Waals surface area contributed by atoms with Crippen molar-refractivity contribution in [2.75, 3.05) is 44.3 Å². The van der Waals surface area contributed by atoms with Gasteiger partial charge in [-0.1, -0.05) is 58.9 Å². The zero-order valence-electron chi connectivity index (χ0n) is 35.9. The third-order valence-corrected chi connectivity index (χ3v) is 20.2. The van der Waals surface area contributed by atoms with Crippen LogP contribution in [0.5, 0.6) is 5.75 Å². The number of rotatable bonds is 10. The van der Waals surface area contributed by atoms with Gasteiger partial charge in [0.25, 0.3) is 0 Å². The number of carboxylic acid groups (broad SMARTS) is 1. The van der Waals surface area contributed by atoms with Gasteiger partial charge in [0.15, 0.2) is 9.84 Å². The monoisotopic (exact) mass is 802 g/mol. The molecule has 1 aromatic rings.